The average molecular weight is 346 g/mol. The van der Waals surface area contributed by atoms with Crippen LogP contribution in [0.5, 0.6) is 0 Å². The normalized spacial score (nSPS) is 23.4. The van der Waals surface area contributed by atoms with E-state index < -0.39 is 15.1 Å². The number of hydrogen-bond donors (Lipinski definition) is 0. The number of rotatable bonds is 1. The highest BCUT2D eigenvalue weighted by Gasteiger charge is 2.38. The number of aromatic nitrogens is 1. The minimum Gasteiger partial charge on any atom is -0.334 e. The maximum Gasteiger partial charge on any atom is 0.256 e. The fourth-order valence-corrected chi connectivity index (χ4v) is 4.77. The van der Waals surface area contributed by atoms with Gasteiger partial charge < -0.3 is 4.90 Å². The van der Waals surface area contributed by atoms with Crippen molar-refractivity contribution in [3.05, 3.63) is 41.1 Å². The first-order chi connectivity index (χ1) is 11.2. The first-order valence-electron chi connectivity index (χ1n) is 8.11. The highest BCUT2D eigenvalue weighted by molar-refractivity contribution is 7.92. The lowest BCUT2D eigenvalue weighted by Crippen LogP contribution is -2.54. The van der Waals surface area contributed by atoms with Gasteiger partial charge >= 0.3 is 0 Å². The molecule has 0 N–H and O–H groups in total. The van der Waals surface area contributed by atoms with E-state index in [-0.39, 0.29) is 24.2 Å². The van der Waals surface area contributed by atoms with E-state index in [1.165, 1.54) is 0 Å². The second-order valence-electron chi connectivity index (χ2n) is 6.63. The number of carbonyl (C=O) groups excluding carboxylic acids is 1. The molecule has 3 rings (SSSR count). The monoisotopic (exact) mass is 346 g/mol. The molecule has 128 valence electrons. The van der Waals surface area contributed by atoms with Gasteiger partial charge in [-0.15, -0.1) is 0 Å². The SMILES string of the molecule is Cc1ccc2cc(C(=O)N3CCS(=O)(=O)[C@@H](C)[C@@H]3C)c(C)nc2c1. The molecule has 1 aromatic heterocycles. The van der Waals surface area contributed by atoms with Gasteiger partial charge in [0.25, 0.3) is 5.91 Å². The summed E-state index contributed by atoms with van der Waals surface area (Å²) in [4.78, 5) is 19.2. The zero-order valence-corrected chi connectivity index (χ0v) is 15.2. The van der Waals surface area contributed by atoms with Crippen LogP contribution in [0.3, 0.4) is 0 Å². The Labute approximate surface area is 142 Å². The Hall–Kier alpha value is -1.95. The predicted molar refractivity (Wildman–Crippen MR) is 95.0 cm³/mol. The Morgan fingerprint density at radius 1 is 1.21 bits per heavy atom. The van der Waals surface area contributed by atoms with Gasteiger partial charge in [-0.2, -0.15) is 0 Å². The second-order valence-corrected chi connectivity index (χ2v) is 9.11. The molecular weight excluding hydrogens is 324 g/mol. The molecule has 1 aromatic carbocycles. The Morgan fingerprint density at radius 2 is 1.92 bits per heavy atom. The average Bonchev–Trinajstić information content (AvgIpc) is 2.51. The van der Waals surface area contributed by atoms with Gasteiger partial charge in [-0.1, -0.05) is 12.1 Å². The molecule has 0 radical (unpaired) electrons. The molecule has 2 heterocycles. The summed E-state index contributed by atoms with van der Waals surface area (Å²) in [5.74, 6) is -0.125. The summed E-state index contributed by atoms with van der Waals surface area (Å²) < 4.78 is 24.0. The van der Waals surface area contributed by atoms with E-state index in [1.807, 2.05) is 38.1 Å². The van der Waals surface area contributed by atoms with Crippen molar-refractivity contribution >= 4 is 26.6 Å². The molecule has 1 fully saturated rings. The Morgan fingerprint density at radius 3 is 2.62 bits per heavy atom. The topological polar surface area (TPSA) is 67.3 Å². The molecule has 0 aliphatic carbocycles. The van der Waals surface area contributed by atoms with Crippen molar-refractivity contribution in [2.45, 2.75) is 39.0 Å². The van der Waals surface area contributed by atoms with Crippen LogP contribution >= 0.6 is 0 Å². The van der Waals surface area contributed by atoms with Gasteiger partial charge in [-0.25, -0.2) is 8.42 Å². The Balaban J connectivity index is 2.00. The molecule has 0 unspecified atom stereocenters. The lowest BCUT2D eigenvalue weighted by Gasteiger charge is -2.37. The number of aryl methyl sites for hydroxylation is 2. The summed E-state index contributed by atoms with van der Waals surface area (Å²) in [5.41, 5.74) is 3.21. The molecule has 24 heavy (non-hydrogen) atoms. The van der Waals surface area contributed by atoms with Gasteiger partial charge in [0.15, 0.2) is 9.84 Å². The van der Waals surface area contributed by atoms with E-state index in [2.05, 4.69) is 4.98 Å². The summed E-state index contributed by atoms with van der Waals surface area (Å²) in [6.45, 7) is 7.54. The van der Waals surface area contributed by atoms with Gasteiger partial charge in [0.2, 0.25) is 0 Å². The third-order valence-electron chi connectivity index (χ3n) is 5.01. The van der Waals surface area contributed by atoms with Crippen LogP contribution in [0.1, 0.15) is 35.5 Å². The third kappa shape index (κ3) is 2.79. The van der Waals surface area contributed by atoms with Crippen molar-refractivity contribution in [1.82, 2.24) is 9.88 Å². The molecule has 5 nitrogen and oxygen atoms in total. The molecular formula is C18H22N2O3S. The summed E-state index contributed by atoms with van der Waals surface area (Å²) in [6, 6.07) is 7.46. The number of amides is 1. The van der Waals surface area contributed by atoms with Crippen molar-refractivity contribution in [2.24, 2.45) is 0 Å². The quantitative estimate of drug-likeness (QED) is 0.796. The van der Waals surface area contributed by atoms with Crippen LogP contribution in [0.25, 0.3) is 10.9 Å². The van der Waals surface area contributed by atoms with Gasteiger partial charge in [0.1, 0.15) is 0 Å². The smallest absolute Gasteiger partial charge is 0.256 e. The Kier molecular flexibility index (Phi) is 4.11. The largest absolute Gasteiger partial charge is 0.334 e. The van der Waals surface area contributed by atoms with Crippen molar-refractivity contribution in [3.63, 3.8) is 0 Å². The lowest BCUT2D eigenvalue weighted by molar-refractivity contribution is 0.0692. The zero-order chi connectivity index (χ0) is 17.6. The van der Waals surface area contributed by atoms with E-state index >= 15 is 0 Å². The molecule has 6 heteroatoms. The zero-order valence-electron chi connectivity index (χ0n) is 14.4. The first-order valence-corrected chi connectivity index (χ1v) is 9.83. The van der Waals surface area contributed by atoms with Crippen LogP contribution in [0.4, 0.5) is 0 Å². The summed E-state index contributed by atoms with van der Waals surface area (Å²) in [6.07, 6.45) is 0. The fourth-order valence-electron chi connectivity index (χ4n) is 3.20. The number of benzene rings is 1. The van der Waals surface area contributed by atoms with E-state index in [4.69, 9.17) is 0 Å². The standard InChI is InChI=1S/C18H22N2O3S/c1-11-5-6-15-10-16(12(2)19-17(15)9-11)18(21)20-7-8-24(22,23)14(4)13(20)3/h5-6,9-10,13-14H,7-8H2,1-4H3/t13-,14-/m0/s1. The maximum absolute atomic E-state index is 13.0. The predicted octanol–water partition coefficient (Wildman–Crippen LogP) is 2.50. The van der Waals surface area contributed by atoms with Crippen LogP contribution in [-0.2, 0) is 9.84 Å². The molecule has 1 aliphatic heterocycles. The first kappa shape index (κ1) is 16.9. The van der Waals surface area contributed by atoms with E-state index in [0.29, 0.717) is 11.3 Å². The molecule has 2 aromatic rings. The minimum absolute atomic E-state index is 0.0174. The molecule has 0 spiro atoms. The van der Waals surface area contributed by atoms with E-state index in [9.17, 15) is 13.2 Å². The summed E-state index contributed by atoms with van der Waals surface area (Å²) >= 11 is 0. The van der Waals surface area contributed by atoms with E-state index in [1.54, 1.807) is 18.7 Å². The summed E-state index contributed by atoms with van der Waals surface area (Å²) in [5, 5.41) is 0.367. The van der Waals surface area contributed by atoms with Crippen LogP contribution < -0.4 is 0 Å². The Bertz CT molecular complexity index is 921. The van der Waals surface area contributed by atoms with Crippen molar-refractivity contribution in [1.29, 1.82) is 0 Å². The van der Waals surface area contributed by atoms with Gasteiger partial charge in [0, 0.05) is 18.0 Å². The molecule has 1 amide bonds. The van der Waals surface area contributed by atoms with Crippen molar-refractivity contribution in [2.75, 3.05) is 12.3 Å². The van der Waals surface area contributed by atoms with Gasteiger partial charge in [-0.05, 0) is 45.4 Å². The van der Waals surface area contributed by atoms with Gasteiger partial charge in [0.05, 0.1) is 27.8 Å². The molecule has 1 saturated heterocycles. The number of nitrogens with zero attached hydrogens (tertiary/aromatic N) is 2. The second kappa shape index (κ2) is 5.84. The highest BCUT2D eigenvalue weighted by Crippen LogP contribution is 2.24. The number of pyridine rings is 1. The number of carbonyl (C=O) groups is 1. The van der Waals surface area contributed by atoms with Gasteiger partial charge in [-0.3, -0.25) is 9.78 Å². The number of fused-ring (bicyclic) bond motifs is 1. The molecule has 0 bridgehead atoms. The van der Waals surface area contributed by atoms with Crippen molar-refractivity contribution in [3.8, 4) is 0 Å². The number of hydrogen-bond acceptors (Lipinski definition) is 4. The molecule has 1 aliphatic rings. The number of sulfone groups is 1. The molecule has 0 saturated carbocycles. The lowest BCUT2D eigenvalue weighted by atomic mass is 10.1. The van der Waals surface area contributed by atoms with E-state index in [0.717, 1.165) is 16.5 Å². The third-order valence-corrected chi connectivity index (χ3v) is 7.29. The maximum atomic E-state index is 13.0. The molecule has 2 atom stereocenters. The minimum atomic E-state index is -3.12. The van der Waals surface area contributed by atoms with Crippen LogP contribution in [0.2, 0.25) is 0 Å². The summed E-state index contributed by atoms with van der Waals surface area (Å²) in [7, 11) is -3.12. The van der Waals surface area contributed by atoms with Crippen LogP contribution in [0, 0.1) is 13.8 Å². The van der Waals surface area contributed by atoms with Crippen LogP contribution in [0.15, 0.2) is 24.3 Å². The highest BCUT2D eigenvalue weighted by atomic mass is 32.2. The van der Waals surface area contributed by atoms with Crippen molar-refractivity contribution < 1.29 is 13.2 Å². The van der Waals surface area contributed by atoms with Crippen LogP contribution in [-0.4, -0.2) is 47.8 Å². The fraction of sp³-hybridized carbons (Fsp3) is 0.444.